The Kier molecular flexibility index (Phi) is 4.32. The van der Waals surface area contributed by atoms with Gasteiger partial charge in [0.25, 0.3) is 0 Å². The summed E-state index contributed by atoms with van der Waals surface area (Å²) in [5.41, 5.74) is 3.30. The molecule has 0 radical (unpaired) electrons. The first kappa shape index (κ1) is 13.7. The Hall–Kier alpha value is -1.68. The van der Waals surface area contributed by atoms with Gasteiger partial charge in [0.1, 0.15) is 12.2 Å². The third-order valence-electron chi connectivity index (χ3n) is 3.29. The fraction of sp³-hybridized carbons (Fsp3) is 0.467. The molecule has 1 atom stereocenters. The standard InChI is InChI=1S/C15H21N3O/c1-4-7-18-15(16-10-17-18)9-14(19)13-6-5-11(2)8-12(13)3/h5-6,8,10,14,19H,4,7,9H2,1-3H3. The quantitative estimate of drug-likeness (QED) is 0.898. The molecule has 1 unspecified atom stereocenters. The molecule has 1 aromatic heterocycles. The number of hydrogen-bond acceptors (Lipinski definition) is 3. The van der Waals surface area contributed by atoms with Gasteiger partial charge >= 0.3 is 0 Å². The summed E-state index contributed by atoms with van der Waals surface area (Å²) in [6, 6.07) is 6.12. The zero-order chi connectivity index (χ0) is 13.8. The molecule has 0 saturated carbocycles. The second kappa shape index (κ2) is 5.97. The predicted molar refractivity (Wildman–Crippen MR) is 74.9 cm³/mol. The van der Waals surface area contributed by atoms with E-state index >= 15 is 0 Å². The van der Waals surface area contributed by atoms with Crippen molar-refractivity contribution in [1.29, 1.82) is 0 Å². The van der Waals surface area contributed by atoms with Crippen LogP contribution in [0.4, 0.5) is 0 Å². The van der Waals surface area contributed by atoms with Crippen LogP contribution in [0.2, 0.25) is 0 Å². The molecular weight excluding hydrogens is 238 g/mol. The van der Waals surface area contributed by atoms with Crippen LogP contribution in [0.25, 0.3) is 0 Å². The van der Waals surface area contributed by atoms with Gasteiger partial charge in [-0.1, -0.05) is 30.7 Å². The molecule has 2 aromatic rings. The molecule has 0 aliphatic heterocycles. The molecule has 0 aliphatic carbocycles. The van der Waals surface area contributed by atoms with Crippen LogP contribution in [-0.4, -0.2) is 19.9 Å². The summed E-state index contributed by atoms with van der Waals surface area (Å²) in [5, 5.41) is 14.6. The maximum Gasteiger partial charge on any atom is 0.138 e. The summed E-state index contributed by atoms with van der Waals surface area (Å²) >= 11 is 0. The van der Waals surface area contributed by atoms with Gasteiger partial charge in [0.05, 0.1) is 6.10 Å². The Morgan fingerprint density at radius 3 is 2.79 bits per heavy atom. The van der Waals surface area contributed by atoms with Crippen LogP contribution in [0.1, 0.15) is 42.0 Å². The summed E-state index contributed by atoms with van der Waals surface area (Å²) in [5.74, 6) is 0.842. The second-order valence-corrected chi connectivity index (χ2v) is 4.98. The van der Waals surface area contributed by atoms with Crippen LogP contribution in [0, 0.1) is 13.8 Å². The number of aromatic nitrogens is 3. The van der Waals surface area contributed by atoms with Crippen LogP contribution >= 0.6 is 0 Å². The Morgan fingerprint density at radius 2 is 2.11 bits per heavy atom. The fourth-order valence-electron chi connectivity index (χ4n) is 2.33. The molecule has 4 nitrogen and oxygen atoms in total. The van der Waals surface area contributed by atoms with Crippen molar-refractivity contribution in [2.75, 3.05) is 0 Å². The van der Waals surface area contributed by atoms with E-state index in [0.717, 1.165) is 29.9 Å². The average Bonchev–Trinajstić information content (AvgIpc) is 2.77. The molecule has 0 amide bonds. The molecule has 2 rings (SSSR count). The van der Waals surface area contributed by atoms with E-state index < -0.39 is 6.10 Å². The number of aliphatic hydroxyl groups is 1. The highest BCUT2D eigenvalue weighted by molar-refractivity contribution is 5.32. The fourth-order valence-corrected chi connectivity index (χ4v) is 2.33. The van der Waals surface area contributed by atoms with Crippen molar-refractivity contribution in [3.05, 3.63) is 47.0 Å². The number of nitrogens with zero attached hydrogens (tertiary/aromatic N) is 3. The molecule has 0 spiro atoms. The van der Waals surface area contributed by atoms with Crippen LogP contribution in [0.3, 0.4) is 0 Å². The van der Waals surface area contributed by atoms with Crippen molar-refractivity contribution >= 4 is 0 Å². The molecule has 0 bridgehead atoms. The predicted octanol–water partition coefficient (Wildman–Crippen LogP) is 2.58. The van der Waals surface area contributed by atoms with E-state index in [0.29, 0.717) is 6.42 Å². The van der Waals surface area contributed by atoms with Gasteiger partial charge in [-0.25, -0.2) is 4.98 Å². The number of aliphatic hydroxyl groups excluding tert-OH is 1. The topological polar surface area (TPSA) is 50.9 Å². The molecule has 102 valence electrons. The Bertz CT molecular complexity index is 548. The summed E-state index contributed by atoms with van der Waals surface area (Å²) in [6.07, 6.45) is 2.54. The average molecular weight is 259 g/mol. The van der Waals surface area contributed by atoms with Crippen LogP contribution in [-0.2, 0) is 13.0 Å². The first-order valence-corrected chi connectivity index (χ1v) is 6.73. The lowest BCUT2D eigenvalue weighted by molar-refractivity contribution is 0.173. The second-order valence-electron chi connectivity index (χ2n) is 4.98. The normalized spacial score (nSPS) is 12.6. The highest BCUT2D eigenvalue weighted by Gasteiger charge is 2.14. The van der Waals surface area contributed by atoms with Gasteiger partial charge in [-0.05, 0) is 31.4 Å². The van der Waals surface area contributed by atoms with Gasteiger partial charge in [-0.3, -0.25) is 4.68 Å². The van der Waals surface area contributed by atoms with Gasteiger partial charge < -0.3 is 5.11 Å². The Balaban J connectivity index is 2.16. The van der Waals surface area contributed by atoms with Crippen molar-refractivity contribution in [3.63, 3.8) is 0 Å². The molecular formula is C15H21N3O. The van der Waals surface area contributed by atoms with Crippen LogP contribution in [0.5, 0.6) is 0 Å². The summed E-state index contributed by atoms with van der Waals surface area (Å²) < 4.78 is 1.87. The Morgan fingerprint density at radius 1 is 1.32 bits per heavy atom. The molecule has 19 heavy (non-hydrogen) atoms. The van der Waals surface area contributed by atoms with E-state index in [4.69, 9.17) is 0 Å². The molecule has 1 N–H and O–H groups in total. The minimum Gasteiger partial charge on any atom is -0.388 e. The molecule has 4 heteroatoms. The van der Waals surface area contributed by atoms with Crippen molar-refractivity contribution < 1.29 is 5.11 Å². The van der Waals surface area contributed by atoms with Gasteiger partial charge in [0, 0.05) is 13.0 Å². The zero-order valence-corrected chi connectivity index (χ0v) is 11.8. The summed E-state index contributed by atoms with van der Waals surface area (Å²) in [7, 11) is 0. The molecule has 1 heterocycles. The van der Waals surface area contributed by atoms with Crippen molar-refractivity contribution in [3.8, 4) is 0 Å². The molecule has 0 aliphatic rings. The maximum absolute atomic E-state index is 10.4. The van der Waals surface area contributed by atoms with Gasteiger partial charge in [0.15, 0.2) is 0 Å². The monoisotopic (exact) mass is 259 g/mol. The summed E-state index contributed by atoms with van der Waals surface area (Å²) in [4.78, 5) is 4.24. The van der Waals surface area contributed by atoms with E-state index in [2.05, 4.69) is 30.0 Å². The van der Waals surface area contributed by atoms with E-state index in [-0.39, 0.29) is 0 Å². The van der Waals surface area contributed by atoms with Crippen molar-refractivity contribution in [2.24, 2.45) is 0 Å². The van der Waals surface area contributed by atoms with Crippen molar-refractivity contribution in [2.45, 2.75) is 46.3 Å². The van der Waals surface area contributed by atoms with Gasteiger partial charge in [0.2, 0.25) is 0 Å². The number of rotatable bonds is 5. The van der Waals surface area contributed by atoms with Gasteiger partial charge in [-0.15, -0.1) is 0 Å². The summed E-state index contributed by atoms with van der Waals surface area (Å²) in [6.45, 7) is 7.03. The van der Waals surface area contributed by atoms with Crippen LogP contribution < -0.4 is 0 Å². The molecule has 1 aromatic carbocycles. The largest absolute Gasteiger partial charge is 0.388 e. The van der Waals surface area contributed by atoms with Crippen molar-refractivity contribution in [1.82, 2.24) is 14.8 Å². The molecule has 0 fully saturated rings. The lowest BCUT2D eigenvalue weighted by atomic mass is 9.99. The number of benzene rings is 1. The zero-order valence-electron chi connectivity index (χ0n) is 11.8. The molecule has 0 saturated heterocycles. The number of hydrogen-bond donors (Lipinski definition) is 1. The minimum atomic E-state index is -0.527. The van der Waals surface area contributed by atoms with Crippen LogP contribution in [0.15, 0.2) is 24.5 Å². The SMILES string of the molecule is CCCn1ncnc1CC(O)c1ccc(C)cc1C. The van der Waals surface area contributed by atoms with E-state index in [1.54, 1.807) is 6.33 Å². The minimum absolute atomic E-state index is 0.504. The lowest BCUT2D eigenvalue weighted by Gasteiger charge is -2.14. The highest BCUT2D eigenvalue weighted by atomic mass is 16.3. The lowest BCUT2D eigenvalue weighted by Crippen LogP contribution is -2.11. The first-order chi connectivity index (χ1) is 9.11. The van der Waals surface area contributed by atoms with E-state index in [9.17, 15) is 5.11 Å². The Labute approximate surface area is 114 Å². The van der Waals surface area contributed by atoms with E-state index in [1.807, 2.05) is 23.7 Å². The highest BCUT2D eigenvalue weighted by Crippen LogP contribution is 2.21. The van der Waals surface area contributed by atoms with E-state index in [1.165, 1.54) is 5.56 Å². The third kappa shape index (κ3) is 3.20. The smallest absolute Gasteiger partial charge is 0.138 e. The van der Waals surface area contributed by atoms with Gasteiger partial charge in [-0.2, -0.15) is 5.10 Å². The first-order valence-electron chi connectivity index (χ1n) is 6.73. The number of aryl methyl sites for hydroxylation is 3. The maximum atomic E-state index is 10.4. The third-order valence-corrected chi connectivity index (χ3v) is 3.29.